The maximum absolute atomic E-state index is 12.8. The first-order valence-corrected chi connectivity index (χ1v) is 11.2. The zero-order chi connectivity index (χ0) is 21.8. The predicted molar refractivity (Wildman–Crippen MR) is 120 cm³/mol. The minimum atomic E-state index is -0.763. The smallest absolute Gasteiger partial charge is 0.247 e. The van der Waals surface area contributed by atoms with Crippen molar-refractivity contribution in [3.8, 4) is 22.9 Å². The number of methoxy groups -OCH3 is 1. The molecule has 2 heterocycles. The number of carbonyl (C=O) groups excluding carboxylic acids is 1. The molecule has 0 fully saturated rings. The maximum atomic E-state index is 12.8. The second-order valence-electron chi connectivity index (χ2n) is 7.07. The zero-order valence-electron chi connectivity index (χ0n) is 17.7. The molecule has 0 bridgehead atoms. The first-order chi connectivity index (χ1) is 15.1. The lowest BCUT2D eigenvalue weighted by atomic mass is 10.1. The Morgan fingerprint density at radius 2 is 1.94 bits per heavy atom. The lowest BCUT2D eigenvalue weighted by Gasteiger charge is -2.30. The quantitative estimate of drug-likeness (QED) is 0.402. The monoisotopic (exact) mass is 436 g/mol. The number of aromatic nitrogens is 3. The van der Waals surface area contributed by atoms with E-state index >= 15 is 0 Å². The first-order valence-electron chi connectivity index (χ1n) is 10.2. The van der Waals surface area contributed by atoms with Crippen molar-refractivity contribution in [1.29, 1.82) is 0 Å². The van der Waals surface area contributed by atoms with E-state index in [2.05, 4.69) is 22.1 Å². The van der Waals surface area contributed by atoms with Crippen LogP contribution < -0.4 is 14.4 Å². The number of ether oxygens (including phenoxy) is 2. The largest absolute Gasteiger partial charge is 0.496 e. The van der Waals surface area contributed by atoms with E-state index in [1.807, 2.05) is 48.5 Å². The number of amides is 1. The van der Waals surface area contributed by atoms with E-state index in [1.54, 1.807) is 23.8 Å². The Kier molecular flexibility index (Phi) is 6.36. The maximum Gasteiger partial charge on any atom is 0.247 e. The van der Waals surface area contributed by atoms with E-state index in [0.717, 1.165) is 29.7 Å². The number of carbonyl (C=O) groups is 1. The van der Waals surface area contributed by atoms with Crippen molar-refractivity contribution in [3.63, 3.8) is 0 Å². The molecule has 31 heavy (non-hydrogen) atoms. The molecule has 7 nitrogen and oxygen atoms in total. The van der Waals surface area contributed by atoms with Gasteiger partial charge in [0.05, 0.1) is 18.4 Å². The third-order valence-corrected chi connectivity index (χ3v) is 5.91. The summed E-state index contributed by atoms with van der Waals surface area (Å²) >= 11 is 1.55. The summed E-state index contributed by atoms with van der Waals surface area (Å²) in [5.41, 5.74) is 2.67. The Morgan fingerprint density at radius 3 is 2.71 bits per heavy atom. The van der Waals surface area contributed by atoms with Crippen molar-refractivity contribution in [2.24, 2.45) is 0 Å². The number of hydrogen-bond acceptors (Lipinski definition) is 7. The van der Waals surface area contributed by atoms with Gasteiger partial charge in [-0.25, -0.2) is 0 Å². The molecule has 1 amide bonds. The zero-order valence-corrected chi connectivity index (χ0v) is 18.6. The molecule has 2 aromatic carbocycles. The van der Waals surface area contributed by atoms with E-state index in [1.165, 1.54) is 6.92 Å². The molecule has 4 rings (SSSR count). The highest BCUT2D eigenvalue weighted by Crippen LogP contribution is 2.44. The average Bonchev–Trinajstić information content (AvgIpc) is 2.93. The Balaban J connectivity index is 1.88. The molecule has 1 aliphatic heterocycles. The Hall–Kier alpha value is -3.13. The van der Waals surface area contributed by atoms with Gasteiger partial charge in [-0.1, -0.05) is 55.4 Å². The lowest BCUT2D eigenvalue weighted by molar-refractivity contribution is -0.118. The number of benzene rings is 2. The molecule has 1 aromatic heterocycles. The lowest BCUT2D eigenvalue weighted by Crippen LogP contribution is -2.36. The van der Waals surface area contributed by atoms with Crippen LogP contribution in [-0.2, 0) is 4.79 Å². The van der Waals surface area contributed by atoms with Crippen LogP contribution in [0.15, 0.2) is 53.7 Å². The van der Waals surface area contributed by atoms with E-state index < -0.39 is 6.23 Å². The van der Waals surface area contributed by atoms with Crippen molar-refractivity contribution in [3.05, 3.63) is 54.1 Å². The highest BCUT2D eigenvalue weighted by atomic mass is 32.2. The fourth-order valence-corrected chi connectivity index (χ4v) is 4.36. The third-order valence-electron chi connectivity index (χ3n) is 4.99. The molecule has 1 aliphatic rings. The molecular weight excluding hydrogens is 412 g/mol. The SMILES string of the molecule is CCCCSc1nnc2c(n1)O[C@H](c1ccccc1OC)N(C(C)=O)c1ccccc1-2. The summed E-state index contributed by atoms with van der Waals surface area (Å²) < 4.78 is 11.9. The second kappa shape index (κ2) is 9.34. The van der Waals surface area contributed by atoms with Crippen molar-refractivity contribution < 1.29 is 14.3 Å². The van der Waals surface area contributed by atoms with Gasteiger partial charge in [-0.3, -0.25) is 9.69 Å². The van der Waals surface area contributed by atoms with Crippen LogP contribution in [0.25, 0.3) is 11.3 Å². The van der Waals surface area contributed by atoms with E-state index in [-0.39, 0.29) is 5.91 Å². The van der Waals surface area contributed by atoms with Gasteiger partial charge in [0.2, 0.25) is 23.2 Å². The Morgan fingerprint density at radius 1 is 1.16 bits per heavy atom. The van der Waals surface area contributed by atoms with Gasteiger partial charge >= 0.3 is 0 Å². The number of fused-ring (bicyclic) bond motifs is 3. The summed E-state index contributed by atoms with van der Waals surface area (Å²) in [6, 6.07) is 15.1. The van der Waals surface area contributed by atoms with Gasteiger partial charge in [-0.15, -0.1) is 10.2 Å². The van der Waals surface area contributed by atoms with E-state index in [4.69, 9.17) is 9.47 Å². The van der Waals surface area contributed by atoms with Crippen LogP contribution in [0, 0.1) is 0 Å². The molecule has 1 atom stereocenters. The van der Waals surface area contributed by atoms with E-state index in [0.29, 0.717) is 28.2 Å². The van der Waals surface area contributed by atoms with Crippen LogP contribution in [0.4, 0.5) is 5.69 Å². The average molecular weight is 437 g/mol. The summed E-state index contributed by atoms with van der Waals surface area (Å²) in [5.74, 6) is 1.71. The highest BCUT2D eigenvalue weighted by Gasteiger charge is 2.35. The molecule has 8 heteroatoms. The molecule has 160 valence electrons. The standard InChI is InChI=1S/C23H24N4O3S/c1-4-5-14-31-23-24-21-20(25-26-23)16-10-6-8-12-18(16)27(15(2)28)22(30-21)17-11-7-9-13-19(17)29-3/h6-13,22H,4-5,14H2,1-3H3/t22-/m1/s1. The van der Waals surface area contributed by atoms with Gasteiger partial charge in [-0.2, -0.15) is 4.98 Å². The summed E-state index contributed by atoms with van der Waals surface area (Å²) in [5, 5.41) is 9.29. The number of para-hydroxylation sites is 2. The molecule has 3 aromatic rings. The summed E-state index contributed by atoms with van der Waals surface area (Å²) in [6.07, 6.45) is 1.40. The summed E-state index contributed by atoms with van der Waals surface area (Å²) in [4.78, 5) is 19.1. The topological polar surface area (TPSA) is 77.4 Å². The summed E-state index contributed by atoms with van der Waals surface area (Å²) in [7, 11) is 1.60. The van der Waals surface area contributed by atoms with Crippen LogP contribution >= 0.6 is 11.8 Å². The van der Waals surface area contributed by atoms with Crippen LogP contribution in [0.1, 0.15) is 38.5 Å². The van der Waals surface area contributed by atoms with Gasteiger partial charge in [-0.05, 0) is 24.6 Å². The van der Waals surface area contributed by atoms with E-state index in [9.17, 15) is 4.79 Å². The molecule has 0 aliphatic carbocycles. The van der Waals surface area contributed by atoms with Gasteiger partial charge in [0, 0.05) is 18.2 Å². The normalized spacial score (nSPS) is 14.8. The summed E-state index contributed by atoms with van der Waals surface area (Å²) in [6.45, 7) is 3.66. The molecule has 0 saturated carbocycles. The van der Waals surface area contributed by atoms with Crippen LogP contribution in [-0.4, -0.2) is 34.0 Å². The molecule has 0 radical (unpaired) electrons. The fourth-order valence-electron chi connectivity index (χ4n) is 3.49. The predicted octanol–water partition coefficient (Wildman–Crippen LogP) is 4.88. The highest BCUT2D eigenvalue weighted by molar-refractivity contribution is 7.99. The van der Waals surface area contributed by atoms with Crippen molar-refractivity contribution in [2.45, 2.75) is 38.1 Å². The number of anilines is 1. The number of hydrogen-bond donors (Lipinski definition) is 0. The Labute approximate surface area is 185 Å². The fraction of sp³-hybridized carbons (Fsp3) is 0.304. The van der Waals surface area contributed by atoms with Gasteiger partial charge in [0.15, 0.2) is 5.69 Å². The van der Waals surface area contributed by atoms with Crippen molar-refractivity contribution >= 4 is 23.4 Å². The molecular formula is C23H24N4O3S. The van der Waals surface area contributed by atoms with Gasteiger partial charge in [0.1, 0.15) is 5.75 Å². The molecule has 0 saturated heterocycles. The molecule has 0 spiro atoms. The van der Waals surface area contributed by atoms with Crippen LogP contribution in [0.5, 0.6) is 11.6 Å². The molecule has 0 unspecified atom stereocenters. The minimum Gasteiger partial charge on any atom is -0.496 e. The Bertz CT molecular complexity index is 1090. The van der Waals surface area contributed by atoms with Crippen molar-refractivity contribution in [2.75, 3.05) is 17.8 Å². The first kappa shape index (κ1) is 21.1. The van der Waals surface area contributed by atoms with Crippen molar-refractivity contribution in [1.82, 2.24) is 15.2 Å². The van der Waals surface area contributed by atoms with Crippen LogP contribution in [0.2, 0.25) is 0 Å². The van der Waals surface area contributed by atoms with Crippen LogP contribution in [0.3, 0.4) is 0 Å². The number of rotatable bonds is 6. The van der Waals surface area contributed by atoms with Gasteiger partial charge < -0.3 is 9.47 Å². The number of thioether (sulfide) groups is 1. The minimum absolute atomic E-state index is 0.165. The third kappa shape index (κ3) is 4.20. The molecule has 0 N–H and O–H groups in total. The number of unbranched alkanes of at least 4 members (excludes halogenated alkanes) is 1. The van der Waals surface area contributed by atoms with Gasteiger partial charge in [0.25, 0.3) is 0 Å². The second-order valence-corrected chi connectivity index (χ2v) is 8.13. The number of nitrogens with zero attached hydrogens (tertiary/aromatic N) is 4.